The molecule has 3 aromatic carbocycles. The number of aromatic nitrogens is 2. The molecule has 4 rings (SSSR count). The third kappa shape index (κ3) is 4.52. The maximum Gasteiger partial charge on any atom is 0.187 e. The Balaban J connectivity index is 1.79. The number of imidazole rings is 1. The van der Waals surface area contributed by atoms with E-state index < -0.39 is 0 Å². The summed E-state index contributed by atoms with van der Waals surface area (Å²) in [4.78, 5) is 17.4. The van der Waals surface area contributed by atoms with Crippen molar-refractivity contribution in [1.82, 2.24) is 9.55 Å². The number of para-hydroxylation sites is 2. The van der Waals surface area contributed by atoms with Crippen molar-refractivity contribution in [2.75, 3.05) is 14.2 Å². The van der Waals surface area contributed by atoms with Gasteiger partial charge in [-0.2, -0.15) is 5.26 Å². The first-order chi connectivity index (χ1) is 16.5. The van der Waals surface area contributed by atoms with Crippen molar-refractivity contribution < 1.29 is 19.4 Å². The lowest BCUT2D eigenvalue weighted by Crippen LogP contribution is -2.01. The molecule has 0 bridgehead atoms. The topological polar surface area (TPSA) is 97.4 Å². The van der Waals surface area contributed by atoms with Gasteiger partial charge < -0.3 is 14.6 Å². The van der Waals surface area contributed by atoms with Gasteiger partial charge in [0, 0.05) is 17.2 Å². The van der Waals surface area contributed by atoms with Gasteiger partial charge in [-0.25, -0.2) is 4.98 Å². The van der Waals surface area contributed by atoms with Gasteiger partial charge in [0.15, 0.2) is 11.6 Å². The van der Waals surface area contributed by atoms with Crippen LogP contribution in [0.5, 0.6) is 11.5 Å². The van der Waals surface area contributed by atoms with E-state index in [1.807, 2.05) is 18.2 Å². The summed E-state index contributed by atoms with van der Waals surface area (Å²) in [5.41, 5.74) is 2.33. The van der Waals surface area contributed by atoms with E-state index in [0.717, 1.165) is 0 Å². The van der Waals surface area contributed by atoms with Gasteiger partial charge in [0.25, 0.3) is 0 Å². The second kappa shape index (κ2) is 9.76. The molecule has 0 saturated carbocycles. The average molecular weight is 451 g/mol. The lowest BCUT2D eigenvalue weighted by Gasteiger charge is -2.07. The number of carbonyl (C=O) groups excluding carboxylic acids is 1. The Hall–Kier alpha value is -4.83. The van der Waals surface area contributed by atoms with Crippen molar-refractivity contribution in [3.63, 3.8) is 0 Å². The van der Waals surface area contributed by atoms with Crippen LogP contribution in [0, 0.1) is 11.3 Å². The van der Waals surface area contributed by atoms with Crippen LogP contribution in [-0.4, -0.2) is 34.7 Å². The Kier molecular flexibility index (Phi) is 6.42. The quantitative estimate of drug-likeness (QED) is 0.176. The van der Waals surface area contributed by atoms with Gasteiger partial charge in [-0.15, -0.1) is 0 Å². The molecule has 34 heavy (non-hydrogen) atoms. The molecule has 1 heterocycles. The number of ether oxygens (including phenoxy) is 2. The highest BCUT2D eigenvalue weighted by atomic mass is 16.5. The van der Waals surface area contributed by atoms with Gasteiger partial charge >= 0.3 is 0 Å². The monoisotopic (exact) mass is 451 g/mol. The van der Waals surface area contributed by atoms with Crippen LogP contribution in [0.25, 0.3) is 28.6 Å². The van der Waals surface area contributed by atoms with Gasteiger partial charge in [0.05, 0.1) is 37.0 Å². The molecule has 1 aromatic heterocycles. The highest BCUT2D eigenvalue weighted by molar-refractivity contribution is 6.10. The summed E-state index contributed by atoms with van der Waals surface area (Å²) in [6.07, 6.45) is 2.73. The molecule has 7 heteroatoms. The van der Waals surface area contributed by atoms with Gasteiger partial charge in [-0.05, 0) is 60.7 Å². The first kappa shape index (κ1) is 22.4. The van der Waals surface area contributed by atoms with Gasteiger partial charge in [-0.1, -0.05) is 12.1 Å². The van der Waals surface area contributed by atoms with E-state index in [2.05, 4.69) is 11.1 Å². The fraction of sp³-hybridized carbons (Fsp3) is 0.0741. The predicted molar refractivity (Wildman–Crippen MR) is 130 cm³/mol. The molecule has 168 valence electrons. The largest absolute Gasteiger partial charge is 0.506 e. The van der Waals surface area contributed by atoms with Gasteiger partial charge in [0.1, 0.15) is 23.3 Å². The van der Waals surface area contributed by atoms with Crippen molar-refractivity contribution in [2.24, 2.45) is 0 Å². The number of rotatable bonds is 7. The van der Waals surface area contributed by atoms with Crippen LogP contribution in [0.4, 0.5) is 0 Å². The van der Waals surface area contributed by atoms with Crippen LogP contribution in [0.1, 0.15) is 21.7 Å². The number of methoxy groups -OCH3 is 2. The number of hydrogen-bond donors (Lipinski definition) is 1. The van der Waals surface area contributed by atoms with E-state index in [1.165, 1.54) is 12.3 Å². The molecule has 0 aliphatic heterocycles. The Labute approximate surface area is 196 Å². The Morgan fingerprint density at radius 2 is 1.53 bits per heavy atom. The SMILES string of the molecule is COc1ccc(C(=O)/C=C(\C#N)c2nc3ccccc3n2/C=C(\O)c2ccc(OC)cc2)cc1. The molecule has 0 atom stereocenters. The van der Waals surface area contributed by atoms with Crippen molar-refractivity contribution >= 4 is 34.3 Å². The van der Waals surface area contributed by atoms with E-state index in [4.69, 9.17) is 9.47 Å². The lowest BCUT2D eigenvalue weighted by atomic mass is 10.1. The maximum atomic E-state index is 12.8. The van der Waals surface area contributed by atoms with E-state index in [0.29, 0.717) is 33.7 Å². The summed E-state index contributed by atoms with van der Waals surface area (Å²) in [7, 11) is 3.11. The number of allylic oxidation sites excluding steroid dienone is 2. The number of fused-ring (bicyclic) bond motifs is 1. The van der Waals surface area contributed by atoms with E-state index in [1.54, 1.807) is 73.4 Å². The number of aliphatic hydroxyl groups excluding tert-OH is 1. The number of nitrogens with zero attached hydrogens (tertiary/aromatic N) is 3. The fourth-order valence-corrected chi connectivity index (χ4v) is 3.44. The average Bonchev–Trinajstić information content (AvgIpc) is 3.25. The molecule has 4 aromatic rings. The molecular formula is C27H21N3O4. The minimum absolute atomic E-state index is 0.0363. The number of nitriles is 1. The molecule has 0 amide bonds. The minimum atomic E-state index is -0.346. The standard InChI is InChI=1S/C27H21N3O4/c1-33-21-11-7-18(8-12-21)25(31)15-20(16-28)27-29-23-5-3-4-6-24(23)30(27)17-26(32)19-9-13-22(34-2)14-10-19/h3-15,17,32H,1-2H3/b20-15+,26-17-. The Morgan fingerprint density at radius 1 is 0.941 bits per heavy atom. The van der Waals surface area contributed by atoms with E-state index in [-0.39, 0.29) is 22.9 Å². The second-order valence-electron chi connectivity index (χ2n) is 7.30. The van der Waals surface area contributed by atoms with Crippen molar-refractivity contribution in [3.05, 3.63) is 95.8 Å². The number of ketones is 1. The summed E-state index contributed by atoms with van der Waals surface area (Å²) in [5, 5.41) is 20.7. The zero-order valence-electron chi connectivity index (χ0n) is 18.6. The smallest absolute Gasteiger partial charge is 0.187 e. The maximum absolute atomic E-state index is 12.8. The number of carbonyl (C=O) groups is 1. The molecule has 0 aliphatic carbocycles. The summed E-state index contributed by atoms with van der Waals surface area (Å²) in [5.74, 6) is 1.15. The minimum Gasteiger partial charge on any atom is -0.506 e. The molecule has 0 saturated heterocycles. The molecule has 0 fully saturated rings. The van der Waals surface area contributed by atoms with Crippen LogP contribution in [0.15, 0.2) is 78.9 Å². The molecule has 0 unspecified atom stereocenters. The summed E-state index contributed by atoms with van der Waals surface area (Å²) < 4.78 is 11.9. The lowest BCUT2D eigenvalue weighted by molar-refractivity contribution is 0.104. The highest BCUT2D eigenvalue weighted by Crippen LogP contribution is 2.25. The van der Waals surface area contributed by atoms with Crippen LogP contribution < -0.4 is 9.47 Å². The predicted octanol–water partition coefficient (Wildman–Crippen LogP) is 5.36. The van der Waals surface area contributed by atoms with Gasteiger partial charge in [-0.3, -0.25) is 9.36 Å². The Bertz CT molecular complexity index is 1440. The number of benzene rings is 3. The molecule has 0 radical (unpaired) electrons. The van der Waals surface area contributed by atoms with Crippen LogP contribution >= 0.6 is 0 Å². The number of aliphatic hydroxyl groups is 1. The summed E-state index contributed by atoms with van der Waals surface area (Å²) in [6, 6.07) is 22.9. The van der Waals surface area contributed by atoms with Crippen molar-refractivity contribution in [2.45, 2.75) is 0 Å². The third-order valence-electron chi connectivity index (χ3n) is 5.24. The van der Waals surface area contributed by atoms with E-state index >= 15 is 0 Å². The summed E-state index contributed by atoms with van der Waals surface area (Å²) in [6.45, 7) is 0. The first-order valence-corrected chi connectivity index (χ1v) is 10.4. The van der Waals surface area contributed by atoms with Crippen molar-refractivity contribution in [1.29, 1.82) is 5.26 Å². The highest BCUT2D eigenvalue weighted by Gasteiger charge is 2.16. The fourth-order valence-electron chi connectivity index (χ4n) is 3.44. The van der Waals surface area contributed by atoms with Crippen LogP contribution in [0.3, 0.4) is 0 Å². The zero-order valence-corrected chi connectivity index (χ0v) is 18.6. The molecule has 7 nitrogen and oxygen atoms in total. The zero-order chi connectivity index (χ0) is 24.1. The third-order valence-corrected chi connectivity index (χ3v) is 5.24. The first-order valence-electron chi connectivity index (χ1n) is 10.4. The molecule has 1 N–H and O–H groups in total. The molecule has 0 spiro atoms. The Morgan fingerprint density at radius 3 is 2.12 bits per heavy atom. The van der Waals surface area contributed by atoms with Crippen molar-refractivity contribution in [3.8, 4) is 17.6 Å². The van der Waals surface area contributed by atoms with Crippen LogP contribution in [0.2, 0.25) is 0 Å². The molecular weight excluding hydrogens is 430 g/mol. The summed E-state index contributed by atoms with van der Waals surface area (Å²) >= 11 is 0. The van der Waals surface area contributed by atoms with Crippen LogP contribution in [-0.2, 0) is 0 Å². The second-order valence-corrected chi connectivity index (χ2v) is 7.30. The number of hydrogen-bond acceptors (Lipinski definition) is 6. The normalized spacial score (nSPS) is 11.8. The molecule has 0 aliphatic rings. The van der Waals surface area contributed by atoms with E-state index in [9.17, 15) is 15.2 Å². The van der Waals surface area contributed by atoms with Gasteiger partial charge in [0.2, 0.25) is 0 Å².